The molecule has 0 unspecified atom stereocenters. The van der Waals surface area contributed by atoms with E-state index in [1.807, 2.05) is 30.5 Å². The van der Waals surface area contributed by atoms with Crippen molar-refractivity contribution in [2.24, 2.45) is 0 Å². The fourth-order valence-electron chi connectivity index (χ4n) is 2.18. The minimum Gasteiger partial charge on any atom is -0.252 e. The normalized spacial score (nSPS) is 11.2. The molecule has 0 radical (unpaired) electrons. The first kappa shape index (κ1) is 10.6. The molecule has 4 aromatic rings. The number of hydrogen-bond donors (Lipinski definition) is 0. The van der Waals surface area contributed by atoms with Crippen LogP contribution in [0.3, 0.4) is 0 Å². The van der Waals surface area contributed by atoms with Crippen molar-refractivity contribution in [3.8, 4) is 10.6 Å². The molecule has 0 saturated heterocycles. The van der Waals surface area contributed by atoms with Crippen LogP contribution in [0.15, 0.2) is 60.8 Å². The van der Waals surface area contributed by atoms with E-state index in [0.717, 1.165) is 16.7 Å². The van der Waals surface area contributed by atoms with Crippen molar-refractivity contribution in [3.63, 3.8) is 0 Å². The largest absolute Gasteiger partial charge is 0.252 e. The number of aromatic nitrogens is 2. The molecule has 0 N–H and O–H groups in total. The SMILES string of the molecule is c1ccc2sc(-c3cnc4ccccc4n3)cc2c1. The number of para-hydroxylation sites is 2. The molecular weight excluding hydrogens is 252 g/mol. The molecule has 2 nitrogen and oxygen atoms in total. The van der Waals surface area contributed by atoms with Crippen LogP contribution in [-0.4, -0.2) is 9.97 Å². The minimum atomic E-state index is 0.937. The number of thiophene rings is 1. The molecule has 2 aromatic heterocycles. The predicted octanol–water partition coefficient (Wildman–Crippen LogP) is 4.51. The van der Waals surface area contributed by atoms with Gasteiger partial charge in [0.15, 0.2) is 0 Å². The van der Waals surface area contributed by atoms with E-state index in [2.05, 4.69) is 40.3 Å². The summed E-state index contributed by atoms with van der Waals surface area (Å²) in [7, 11) is 0. The lowest BCUT2D eigenvalue weighted by atomic mass is 10.2. The van der Waals surface area contributed by atoms with Crippen LogP contribution >= 0.6 is 11.3 Å². The number of hydrogen-bond acceptors (Lipinski definition) is 3. The summed E-state index contributed by atoms with van der Waals surface area (Å²) >= 11 is 1.76. The summed E-state index contributed by atoms with van der Waals surface area (Å²) in [6.45, 7) is 0. The van der Waals surface area contributed by atoms with E-state index in [0.29, 0.717) is 0 Å². The zero-order valence-electron chi connectivity index (χ0n) is 10.1. The Hall–Kier alpha value is -2.26. The molecule has 0 bridgehead atoms. The molecule has 0 atom stereocenters. The number of fused-ring (bicyclic) bond motifs is 2. The Morgan fingerprint density at radius 2 is 1.63 bits per heavy atom. The maximum atomic E-state index is 4.69. The monoisotopic (exact) mass is 262 g/mol. The van der Waals surface area contributed by atoms with Crippen molar-refractivity contribution in [3.05, 3.63) is 60.8 Å². The van der Waals surface area contributed by atoms with Crippen molar-refractivity contribution < 1.29 is 0 Å². The number of benzene rings is 2. The third-order valence-electron chi connectivity index (χ3n) is 3.13. The summed E-state index contributed by atoms with van der Waals surface area (Å²) in [4.78, 5) is 10.3. The summed E-state index contributed by atoms with van der Waals surface area (Å²) in [5, 5.41) is 1.26. The molecule has 4 rings (SSSR count). The fraction of sp³-hybridized carbons (Fsp3) is 0. The third-order valence-corrected chi connectivity index (χ3v) is 4.27. The van der Waals surface area contributed by atoms with E-state index in [-0.39, 0.29) is 0 Å². The Morgan fingerprint density at radius 3 is 2.53 bits per heavy atom. The van der Waals surface area contributed by atoms with Gasteiger partial charge in [-0.05, 0) is 29.7 Å². The van der Waals surface area contributed by atoms with Gasteiger partial charge in [0, 0.05) is 4.70 Å². The third kappa shape index (κ3) is 1.79. The second kappa shape index (κ2) is 4.14. The van der Waals surface area contributed by atoms with Crippen LogP contribution in [-0.2, 0) is 0 Å². The fourth-order valence-corrected chi connectivity index (χ4v) is 3.20. The van der Waals surface area contributed by atoms with Crippen molar-refractivity contribution in [1.29, 1.82) is 0 Å². The molecule has 0 saturated carbocycles. The summed E-state index contributed by atoms with van der Waals surface area (Å²) < 4.78 is 1.28. The van der Waals surface area contributed by atoms with Crippen molar-refractivity contribution in [2.45, 2.75) is 0 Å². The molecule has 0 aliphatic heterocycles. The molecule has 0 fully saturated rings. The van der Waals surface area contributed by atoms with E-state index in [9.17, 15) is 0 Å². The average Bonchev–Trinajstić information content (AvgIpc) is 2.90. The van der Waals surface area contributed by atoms with E-state index in [4.69, 9.17) is 0 Å². The van der Waals surface area contributed by atoms with E-state index in [1.165, 1.54) is 15.0 Å². The Labute approximate surface area is 114 Å². The van der Waals surface area contributed by atoms with E-state index in [1.54, 1.807) is 11.3 Å². The van der Waals surface area contributed by atoms with Crippen molar-refractivity contribution >= 4 is 32.5 Å². The van der Waals surface area contributed by atoms with Crippen LogP contribution in [0.5, 0.6) is 0 Å². The van der Waals surface area contributed by atoms with E-state index >= 15 is 0 Å². The first-order valence-electron chi connectivity index (χ1n) is 6.11. The molecule has 2 heterocycles. The summed E-state index contributed by atoms with van der Waals surface area (Å²) in [5.41, 5.74) is 2.82. The van der Waals surface area contributed by atoms with Crippen molar-refractivity contribution in [2.75, 3.05) is 0 Å². The van der Waals surface area contributed by atoms with Gasteiger partial charge in [0.2, 0.25) is 0 Å². The second-order valence-electron chi connectivity index (χ2n) is 4.39. The highest BCUT2D eigenvalue weighted by Crippen LogP contribution is 2.32. The average molecular weight is 262 g/mol. The summed E-state index contributed by atoms with van der Waals surface area (Å²) in [6.07, 6.45) is 1.85. The lowest BCUT2D eigenvalue weighted by Crippen LogP contribution is -1.85. The van der Waals surface area contributed by atoms with Crippen LogP contribution in [0, 0.1) is 0 Å². The maximum absolute atomic E-state index is 4.69. The minimum absolute atomic E-state index is 0.937. The molecule has 90 valence electrons. The van der Waals surface area contributed by atoms with Crippen LogP contribution in [0.4, 0.5) is 0 Å². The van der Waals surface area contributed by atoms with Gasteiger partial charge in [-0.15, -0.1) is 11.3 Å². The summed E-state index contributed by atoms with van der Waals surface area (Å²) in [5.74, 6) is 0. The second-order valence-corrected chi connectivity index (χ2v) is 5.48. The summed E-state index contributed by atoms with van der Waals surface area (Å²) in [6, 6.07) is 18.5. The molecule has 0 spiro atoms. The zero-order chi connectivity index (χ0) is 12.7. The Morgan fingerprint density at radius 1 is 0.842 bits per heavy atom. The molecule has 2 aromatic carbocycles. The van der Waals surface area contributed by atoms with Gasteiger partial charge in [-0.3, -0.25) is 4.98 Å². The maximum Gasteiger partial charge on any atom is 0.0993 e. The van der Waals surface area contributed by atoms with Gasteiger partial charge < -0.3 is 0 Å². The molecule has 0 amide bonds. The lowest BCUT2D eigenvalue weighted by molar-refractivity contribution is 1.30. The Balaban J connectivity index is 1.93. The number of rotatable bonds is 1. The highest BCUT2D eigenvalue weighted by Gasteiger charge is 2.06. The smallest absolute Gasteiger partial charge is 0.0993 e. The van der Waals surface area contributed by atoms with Crippen LogP contribution in [0.1, 0.15) is 0 Å². The predicted molar refractivity (Wildman–Crippen MR) is 80.4 cm³/mol. The van der Waals surface area contributed by atoms with Gasteiger partial charge in [0.1, 0.15) is 0 Å². The highest BCUT2D eigenvalue weighted by molar-refractivity contribution is 7.22. The van der Waals surface area contributed by atoms with Crippen LogP contribution in [0.25, 0.3) is 31.7 Å². The quantitative estimate of drug-likeness (QED) is 0.504. The highest BCUT2D eigenvalue weighted by atomic mass is 32.1. The van der Waals surface area contributed by atoms with E-state index < -0.39 is 0 Å². The lowest BCUT2D eigenvalue weighted by Gasteiger charge is -1.99. The molecule has 19 heavy (non-hydrogen) atoms. The molecule has 0 aliphatic carbocycles. The standard InChI is InChI=1S/C16H10N2S/c1-4-8-15-11(5-1)9-16(19-15)14-10-17-12-6-2-3-7-13(12)18-14/h1-10H. The van der Waals surface area contributed by atoms with Crippen LogP contribution in [0.2, 0.25) is 0 Å². The molecule has 0 aliphatic rings. The van der Waals surface area contributed by atoms with Gasteiger partial charge in [0.05, 0.1) is 27.8 Å². The van der Waals surface area contributed by atoms with Gasteiger partial charge >= 0.3 is 0 Å². The Bertz CT molecular complexity index is 847. The van der Waals surface area contributed by atoms with Crippen molar-refractivity contribution in [1.82, 2.24) is 9.97 Å². The van der Waals surface area contributed by atoms with Gasteiger partial charge in [-0.2, -0.15) is 0 Å². The van der Waals surface area contributed by atoms with Crippen LogP contribution < -0.4 is 0 Å². The first-order chi connectivity index (χ1) is 9.40. The topological polar surface area (TPSA) is 25.8 Å². The Kier molecular flexibility index (Phi) is 2.32. The van der Waals surface area contributed by atoms with Gasteiger partial charge in [-0.1, -0.05) is 30.3 Å². The zero-order valence-corrected chi connectivity index (χ0v) is 10.9. The van der Waals surface area contributed by atoms with Gasteiger partial charge in [0.25, 0.3) is 0 Å². The molecular formula is C16H10N2S. The first-order valence-corrected chi connectivity index (χ1v) is 6.92. The van der Waals surface area contributed by atoms with Gasteiger partial charge in [-0.25, -0.2) is 4.98 Å². The molecule has 3 heteroatoms. The number of nitrogens with zero attached hydrogens (tertiary/aromatic N) is 2.